The number of rotatable bonds is 3. The average molecular weight is 268 g/mol. The van der Waals surface area contributed by atoms with E-state index < -0.39 is 11.8 Å². The van der Waals surface area contributed by atoms with E-state index in [4.69, 9.17) is 0 Å². The molecule has 0 bridgehead atoms. The van der Waals surface area contributed by atoms with Crippen molar-refractivity contribution in [1.29, 1.82) is 0 Å². The largest absolute Gasteiger partial charge is 0.308 e. The van der Waals surface area contributed by atoms with Crippen LogP contribution in [0.2, 0.25) is 0 Å². The fourth-order valence-electron chi connectivity index (χ4n) is 2.42. The van der Waals surface area contributed by atoms with Crippen LogP contribution < -0.4 is 5.32 Å². The van der Waals surface area contributed by atoms with E-state index in [0.29, 0.717) is 0 Å². The summed E-state index contributed by atoms with van der Waals surface area (Å²) in [4.78, 5) is 2.22. The number of nitrogens with one attached hydrogen (secondary N) is 1. The van der Waals surface area contributed by atoms with Crippen LogP contribution in [0, 0.1) is 5.92 Å². The predicted molar refractivity (Wildman–Crippen MR) is 73.4 cm³/mol. The topological polar surface area (TPSA) is 15.3 Å². The molecule has 0 saturated carbocycles. The molecule has 0 amide bonds. The van der Waals surface area contributed by atoms with Gasteiger partial charge in [-0.2, -0.15) is 0 Å². The third kappa shape index (κ3) is 3.12. The molecule has 0 spiro atoms. The Bertz CT molecular complexity index is 432. The predicted octanol–water partition coefficient (Wildman–Crippen LogP) is 3.01. The molecule has 1 heterocycles. The summed E-state index contributed by atoms with van der Waals surface area (Å²) in [5.74, 6) is -3.46. The van der Waals surface area contributed by atoms with Gasteiger partial charge in [0.2, 0.25) is 0 Å². The number of nitrogens with zero attached hydrogens (tertiary/aromatic N) is 1. The molecule has 19 heavy (non-hydrogen) atoms. The van der Waals surface area contributed by atoms with Crippen molar-refractivity contribution in [2.45, 2.75) is 25.8 Å². The molecular formula is C15H22F2N2. The highest BCUT2D eigenvalue weighted by Gasteiger charge is 2.35. The lowest BCUT2D eigenvalue weighted by Crippen LogP contribution is -2.43. The molecule has 1 aliphatic heterocycles. The zero-order chi connectivity index (χ0) is 14.0. The van der Waals surface area contributed by atoms with Crippen LogP contribution in [0.4, 0.5) is 8.78 Å². The molecule has 0 aromatic heterocycles. The van der Waals surface area contributed by atoms with Gasteiger partial charge < -0.3 is 10.2 Å². The van der Waals surface area contributed by atoms with Crippen molar-refractivity contribution in [2.24, 2.45) is 5.92 Å². The minimum absolute atomic E-state index is 0.120. The normalized spacial score (nSPS) is 21.9. The molecule has 1 atom stereocenters. The van der Waals surface area contributed by atoms with Gasteiger partial charge in [0.25, 0.3) is 5.92 Å². The third-order valence-corrected chi connectivity index (χ3v) is 3.78. The van der Waals surface area contributed by atoms with Crippen LogP contribution in [0.1, 0.15) is 31.0 Å². The molecular weight excluding hydrogens is 246 g/mol. The summed E-state index contributed by atoms with van der Waals surface area (Å²) in [6.45, 7) is 5.86. The zero-order valence-electron chi connectivity index (χ0n) is 11.8. The van der Waals surface area contributed by atoms with Gasteiger partial charge in [0.15, 0.2) is 0 Å². The van der Waals surface area contributed by atoms with Gasteiger partial charge in [-0.1, -0.05) is 32.0 Å². The second kappa shape index (κ2) is 5.55. The maximum Gasteiger partial charge on any atom is 0.275 e. The van der Waals surface area contributed by atoms with Gasteiger partial charge in [0.05, 0.1) is 0 Å². The number of hydrogen-bond acceptors (Lipinski definition) is 2. The molecule has 0 aliphatic carbocycles. The van der Waals surface area contributed by atoms with E-state index in [1.54, 1.807) is 26.0 Å². The van der Waals surface area contributed by atoms with Crippen LogP contribution in [-0.2, 0) is 5.92 Å². The molecule has 0 radical (unpaired) electrons. The summed E-state index contributed by atoms with van der Waals surface area (Å²) in [5, 5.41) is 3.39. The fraction of sp³-hybridized carbons (Fsp3) is 0.600. The Morgan fingerprint density at radius 1 is 1.37 bits per heavy atom. The van der Waals surface area contributed by atoms with Gasteiger partial charge >= 0.3 is 0 Å². The average Bonchev–Trinajstić information content (AvgIpc) is 2.38. The SMILES string of the molecule is CC(C)C(F)(F)c1cccc(C2CN(C)CCN2)c1. The Kier molecular flexibility index (Phi) is 4.21. The van der Waals surface area contributed by atoms with E-state index in [0.717, 1.165) is 25.2 Å². The second-order valence-corrected chi connectivity index (χ2v) is 5.67. The van der Waals surface area contributed by atoms with Crippen molar-refractivity contribution in [3.8, 4) is 0 Å². The standard InChI is InChI=1S/C15H22F2N2/c1-11(2)15(16,17)13-6-4-5-12(9-13)14-10-19(3)8-7-18-14/h4-6,9,11,14,18H,7-8,10H2,1-3H3. The summed E-state index contributed by atoms with van der Waals surface area (Å²) >= 11 is 0. The molecule has 106 valence electrons. The van der Waals surface area contributed by atoms with Crippen LogP contribution in [0.15, 0.2) is 24.3 Å². The van der Waals surface area contributed by atoms with Crippen molar-refractivity contribution in [1.82, 2.24) is 10.2 Å². The maximum absolute atomic E-state index is 14.1. The Labute approximate surface area is 113 Å². The first-order valence-electron chi connectivity index (χ1n) is 6.81. The Balaban J connectivity index is 2.24. The Hall–Kier alpha value is -1.00. The minimum Gasteiger partial charge on any atom is -0.308 e. The second-order valence-electron chi connectivity index (χ2n) is 5.67. The molecule has 1 aromatic carbocycles. The highest BCUT2D eigenvalue weighted by Crippen LogP contribution is 2.36. The van der Waals surface area contributed by atoms with Crippen molar-refractivity contribution in [3.05, 3.63) is 35.4 Å². The zero-order valence-corrected chi connectivity index (χ0v) is 11.8. The summed E-state index contributed by atoms with van der Waals surface area (Å²) in [7, 11) is 2.06. The van der Waals surface area contributed by atoms with Crippen molar-refractivity contribution >= 4 is 0 Å². The maximum atomic E-state index is 14.1. The van der Waals surface area contributed by atoms with E-state index in [2.05, 4.69) is 17.3 Å². The molecule has 1 unspecified atom stereocenters. The highest BCUT2D eigenvalue weighted by atomic mass is 19.3. The molecule has 1 aliphatic rings. The van der Waals surface area contributed by atoms with Crippen LogP contribution in [0.5, 0.6) is 0 Å². The Morgan fingerprint density at radius 2 is 2.11 bits per heavy atom. The summed E-state index contributed by atoms with van der Waals surface area (Å²) in [5.41, 5.74) is 1.07. The molecule has 4 heteroatoms. The molecule has 1 N–H and O–H groups in total. The number of piperazine rings is 1. The quantitative estimate of drug-likeness (QED) is 0.906. The van der Waals surface area contributed by atoms with Crippen molar-refractivity contribution in [3.63, 3.8) is 0 Å². The van der Waals surface area contributed by atoms with Gasteiger partial charge in [0, 0.05) is 37.2 Å². The van der Waals surface area contributed by atoms with E-state index in [1.165, 1.54) is 6.07 Å². The Morgan fingerprint density at radius 3 is 2.74 bits per heavy atom. The number of likely N-dealkylation sites (N-methyl/N-ethyl adjacent to an activating group) is 1. The highest BCUT2D eigenvalue weighted by molar-refractivity contribution is 5.30. The van der Waals surface area contributed by atoms with Crippen molar-refractivity contribution in [2.75, 3.05) is 26.7 Å². The number of halogens is 2. The summed E-state index contributed by atoms with van der Waals surface area (Å²) in [6, 6.07) is 6.97. The fourth-order valence-corrected chi connectivity index (χ4v) is 2.42. The summed E-state index contributed by atoms with van der Waals surface area (Å²) in [6.07, 6.45) is 0. The summed E-state index contributed by atoms with van der Waals surface area (Å²) < 4.78 is 28.1. The van der Waals surface area contributed by atoms with Crippen LogP contribution in [0.3, 0.4) is 0 Å². The van der Waals surface area contributed by atoms with Gasteiger partial charge in [-0.05, 0) is 18.7 Å². The van der Waals surface area contributed by atoms with E-state index >= 15 is 0 Å². The molecule has 1 fully saturated rings. The van der Waals surface area contributed by atoms with Crippen LogP contribution >= 0.6 is 0 Å². The minimum atomic E-state index is -2.77. The third-order valence-electron chi connectivity index (χ3n) is 3.78. The first kappa shape index (κ1) is 14.4. The monoisotopic (exact) mass is 268 g/mol. The molecule has 1 aromatic rings. The van der Waals surface area contributed by atoms with Gasteiger partial charge in [-0.3, -0.25) is 0 Å². The number of benzene rings is 1. The lowest BCUT2D eigenvalue weighted by molar-refractivity contribution is -0.0514. The van der Waals surface area contributed by atoms with E-state index in [9.17, 15) is 8.78 Å². The number of hydrogen-bond donors (Lipinski definition) is 1. The molecule has 2 nitrogen and oxygen atoms in total. The smallest absolute Gasteiger partial charge is 0.275 e. The van der Waals surface area contributed by atoms with Crippen LogP contribution in [0.25, 0.3) is 0 Å². The van der Waals surface area contributed by atoms with Gasteiger partial charge in [-0.15, -0.1) is 0 Å². The van der Waals surface area contributed by atoms with E-state index in [-0.39, 0.29) is 11.6 Å². The van der Waals surface area contributed by atoms with Crippen LogP contribution in [-0.4, -0.2) is 31.6 Å². The van der Waals surface area contributed by atoms with E-state index in [1.807, 2.05) is 6.07 Å². The van der Waals surface area contributed by atoms with Gasteiger partial charge in [-0.25, -0.2) is 8.78 Å². The lowest BCUT2D eigenvalue weighted by atomic mass is 9.94. The molecule has 2 rings (SSSR count). The lowest BCUT2D eigenvalue weighted by Gasteiger charge is -2.32. The first-order chi connectivity index (χ1) is 8.91. The van der Waals surface area contributed by atoms with Crippen molar-refractivity contribution < 1.29 is 8.78 Å². The number of alkyl halides is 2. The molecule has 1 saturated heterocycles. The first-order valence-corrected chi connectivity index (χ1v) is 6.81. The van der Waals surface area contributed by atoms with Gasteiger partial charge in [0.1, 0.15) is 0 Å².